The van der Waals surface area contributed by atoms with E-state index in [1.54, 1.807) is 0 Å². The number of pyridine rings is 1. The largest absolute Gasteiger partial charge is 0.325 e. The summed E-state index contributed by atoms with van der Waals surface area (Å²) < 4.78 is 40.5. The van der Waals surface area contributed by atoms with Gasteiger partial charge >= 0.3 is 0 Å². The summed E-state index contributed by atoms with van der Waals surface area (Å²) in [6.07, 6.45) is 2.79. The van der Waals surface area contributed by atoms with E-state index in [9.17, 15) is 22.4 Å². The highest BCUT2D eigenvalue weighted by Crippen LogP contribution is 2.19. The number of amides is 1. The Labute approximate surface area is 150 Å². The predicted molar refractivity (Wildman–Crippen MR) is 93.7 cm³/mol. The van der Waals surface area contributed by atoms with Crippen molar-refractivity contribution in [3.63, 3.8) is 0 Å². The minimum Gasteiger partial charge on any atom is -0.325 e. The molecule has 0 bridgehead atoms. The highest BCUT2D eigenvalue weighted by Gasteiger charge is 2.27. The lowest BCUT2D eigenvalue weighted by Crippen LogP contribution is -2.31. The van der Waals surface area contributed by atoms with Gasteiger partial charge in [-0.1, -0.05) is 0 Å². The first kappa shape index (κ1) is 18.3. The first-order chi connectivity index (χ1) is 12.4. The fourth-order valence-electron chi connectivity index (χ4n) is 2.75. The molecule has 1 amide bonds. The lowest BCUT2D eigenvalue weighted by Gasteiger charge is -2.16. The van der Waals surface area contributed by atoms with Crippen LogP contribution in [-0.2, 0) is 21.4 Å². The number of aromatic nitrogens is 1. The Morgan fingerprint density at radius 2 is 1.73 bits per heavy atom. The number of anilines is 1. The van der Waals surface area contributed by atoms with E-state index in [1.807, 2.05) is 0 Å². The molecule has 0 spiro atoms. The summed E-state index contributed by atoms with van der Waals surface area (Å²) in [5, 5.41) is 2.53. The third kappa shape index (κ3) is 4.00. The van der Waals surface area contributed by atoms with Gasteiger partial charge in [-0.25, -0.2) is 12.8 Å². The molecular weight excluding hydrogens is 361 g/mol. The third-order valence-electron chi connectivity index (χ3n) is 4.10. The van der Waals surface area contributed by atoms with Crippen molar-refractivity contribution in [1.82, 2.24) is 8.87 Å². The number of hydrogen-bond donors (Lipinski definition) is 1. The van der Waals surface area contributed by atoms with Gasteiger partial charge in [0.1, 0.15) is 12.4 Å². The number of sulfonamides is 1. The van der Waals surface area contributed by atoms with Crippen LogP contribution in [0, 0.1) is 5.82 Å². The predicted octanol–water partition coefficient (Wildman–Crippen LogP) is 1.41. The highest BCUT2D eigenvalue weighted by atomic mass is 32.2. The number of rotatable bonds is 5. The van der Waals surface area contributed by atoms with Crippen molar-refractivity contribution in [2.75, 3.05) is 18.4 Å². The van der Waals surface area contributed by atoms with Gasteiger partial charge < -0.3 is 9.88 Å². The maximum Gasteiger partial charge on any atom is 0.251 e. The minimum atomic E-state index is -3.68. The summed E-state index contributed by atoms with van der Waals surface area (Å²) in [7, 11) is -3.68. The van der Waals surface area contributed by atoms with Crippen molar-refractivity contribution in [3.05, 3.63) is 58.8 Å². The van der Waals surface area contributed by atoms with E-state index in [2.05, 4.69) is 5.32 Å². The summed E-state index contributed by atoms with van der Waals surface area (Å²) in [6, 6.07) is 7.57. The van der Waals surface area contributed by atoms with Gasteiger partial charge in [-0.2, -0.15) is 4.31 Å². The molecule has 0 atom stereocenters. The van der Waals surface area contributed by atoms with Crippen LogP contribution in [0.5, 0.6) is 0 Å². The third-order valence-corrected chi connectivity index (χ3v) is 5.98. The minimum absolute atomic E-state index is 0.0198. The van der Waals surface area contributed by atoms with Gasteiger partial charge in [0.25, 0.3) is 5.56 Å². The first-order valence-electron chi connectivity index (χ1n) is 8.12. The number of benzene rings is 1. The molecule has 0 unspecified atom stereocenters. The molecule has 0 saturated carbocycles. The van der Waals surface area contributed by atoms with Crippen LogP contribution in [0.1, 0.15) is 12.8 Å². The van der Waals surface area contributed by atoms with Gasteiger partial charge in [0.05, 0.1) is 4.90 Å². The molecule has 9 heteroatoms. The van der Waals surface area contributed by atoms with Crippen LogP contribution >= 0.6 is 0 Å². The Balaban J connectivity index is 1.78. The normalized spacial score (nSPS) is 15.1. The molecule has 1 aromatic carbocycles. The lowest BCUT2D eigenvalue weighted by molar-refractivity contribution is -0.116. The zero-order chi connectivity index (χ0) is 18.7. The Bertz CT molecular complexity index is 964. The second kappa shape index (κ2) is 7.38. The highest BCUT2D eigenvalue weighted by molar-refractivity contribution is 7.89. The SMILES string of the molecule is O=C(Cn1cc(S(=O)(=O)N2CCCC2)ccc1=O)Nc1ccc(F)cc1. The molecule has 1 aliphatic rings. The fraction of sp³-hybridized carbons (Fsp3) is 0.294. The van der Waals surface area contributed by atoms with Crippen molar-refractivity contribution >= 4 is 21.6 Å². The second-order valence-electron chi connectivity index (χ2n) is 6.00. The van der Waals surface area contributed by atoms with E-state index in [0.29, 0.717) is 18.8 Å². The molecule has 7 nitrogen and oxygen atoms in total. The Kier molecular flexibility index (Phi) is 5.19. The van der Waals surface area contributed by atoms with Crippen molar-refractivity contribution < 1.29 is 17.6 Å². The van der Waals surface area contributed by atoms with Gasteiger partial charge in [0.15, 0.2) is 0 Å². The zero-order valence-corrected chi connectivity index (χ0v) is 14.7. The number of halogens is 1. The Hall–Kier alpha value is -2.52. The van der Waals surface area contributed by atoms with Gasteiger partial charge in [0.2, 0.25) is 15.9 Å². The lowest BCUT2D eigenvalue weighted by atomic mass is 10.3. The molecule has 138 valence electrons. The topological polar surface area (TPSA) is 88.5 Å². The smallest absolute Gasteiger partial charge is 0.251 e. The maximum atomic E-state index is 12.9. The molecule has 1 saturated heterocycles. The van der Waals surface area contributed by atoms with Crippen LogP contribution < -0.4 is 10.9 Å². The maximum absolute atomic E-state index is 12.9. The van der Waals surface area contributed by atoms with Gasteiger partial charge in [0, 0.05) is 31.0 Å². The number of carbonyl (C=O) groups excluding carboxylic acids is 1. The number of nitrogens with one attached hydrogen (secondary N) is 1. The molecule has 0 radical (unpaired) electrons. The van der Waals surface area contributed by atoms with E-state index in [1.165, 1.54) is 40.8 Å². The summed E-state index contributed by atoms with van der Waals surface area (Å²) >= 11 is 0. The van der Waals surface area contributed by atoms with Crippen LogP contribution in [0.4, 0.5) is 10.1 Å². The molecule has 2 heterocycles. The Morgan fingerprint density at radius 3 is 2.38 bits per heavy atom. The quantitative estimate of drug-likeness (QED) is 0.851. The second-order valence-corrected chi connectivity index (χ2v) is 7.94. The van der Waals surface area contributed by atoms with Crippen molar-refractivity contribution in [2.24, 2.45) is 0 Å². The molecule has 2 aromatic rings. The molecule has 1 aliphatic heterocycles. The summed E-state index contributed by atoms with van der Waals surface area (Å²) in [5.41, 5.74) is -0.107. The van der Waals surface area contributed by atoms with E-state index in [4.69, 9.17) is 0 Å². The van der Waals surface area contributed by atoms with Gasteiger partial charge in [-0.3, -0.25) is 9.59 Å². The average Bonchev–Trinajstić information content (AvgIpc) is 3.14. The number of hydrogen-bond acceptors (Lipinski definition) is 4. The van der Waals surface area contributed by atoms with E-state index >= 15 is 0 Å². The monoisotopic (exact) mass is 379 g/mol. The van der Waals surface area contributed by atoms with Crippen molar-refractivity contribution in [1.29, 1.82) is 0 Å². The molecule has 0 aliphatic carbocycles. The van der Waals surface area contributed by atoms with E-state index < -0.39 is 27.3 Å². The average molecular weight is 379 g/mol. The summed E-state index contributed by atoms with van der Waals surface area (Å²) in [5.74, 6) is -0.950. The fourth-order valence-corrected chi connectivity index (χ4v) is 4.29. The van der Waals surface area contributed by atoms with Gasteiger partial charge in [-0.05, 0) is 43.2 Å². The molecule has 1 fully saturated rings. The van der Waals surface area contributed by atoms with Crippen LogP contribution in [0.25, 0.3) is 0 Å². The zero-order valence-electron chi connectivity index (χ0n) is 13.9. The van der Waals surface area contributed by atoms with Crippen LogP contribution in [-0.4, -0.2) is 36.3 Å². The van der Waals surface area contributed by atoms with E-state index in [-0.39, 0.29) is 11.4 Å². The number of nitrogens with zero attached hydrogens (tertiary/aromatic N) is 2. The van der Waals surface area contributed by atoms with E-state index in [0.717, 1.165) is 23.5 Å². The van der Waals surface area contributed by atoms with Crippen molar-refractivity contribution in [3.8, 4) is 0 Å². The molecule has 26 heavy (non-hydrogen) atoms. The number of carbonyl (C=O) groups is 1. The first-order valence-corrected chi connectivity index (χ1v) is 9.56. The molecule has 3 rings (SSSR count). The molecule has 1 aromatic heterocycles. The Morgan fingerprint density at radius 1 is 1.08 bits per heavy atom. The van der Waals surface area contributed by atoms with Crippen LogP contribution in [0.15, 0.2) is 52.3 Å². The summed E-state index contributed by atoms with van der Waals surface area (Å²) in [4.78, 5) is 24.1. The summed E-state index contributed by atoms with van der Waals surface area (Å²) in [6.45, 7) is 0.554. The van der Waals surface area contributed by atoms with Crippen LogP contribution in [0.2, 0.25) is 0 Å². The standard InChI is InChI=1S/C17H18FN3O4S/c18-13-3-5-14(6-4-13)19-16(22)12-20-11-15(7-8-17(20)23)26(24,25)21-9-1-2-10-21/h3-8,11H,1-2,9-10,12H2,(H,19,22). The van der Waals surface area contributed by atoms with Gasteiger partial charge in [-0.15, -0.1) is 0 Å². The van der Waals surface area contributed by atoms with Crippen LogP contribution in [0.3, 0.4) is 0 Å². The molecular formula is C17H18FN3O4S. The van der Waals surface area contributed by atoms with Crippen molar-refractivity contribution in [2.45, 2.75) is 24.3 Å². The molecule has 1 N–H and O–H groups in total.